The van der Waals surface area contributed by atoms with Crippen LogP contribution in [0, 0.1) is 6.92 Å². The van der Waals surface area contributed by atoms with Gasteiger partial charge < -0.3 is 14.6 Å². The van der Waals surface area contributed by atoms with E-state index in [2.05, 4.69) is 36.4 Å². The van der Waals surface area contributed by atoms with Crippen molar-refractivity contribution in [1.29, 1.82) is 0 Å². The fourth-order valence-corrected chi connectivity index (χ4v) is 4.07. The molecule has 3 N–H and O–H groups in total. The van der Waals surface area contributed by atoms with Crippen molar-refractivity contribution in [2.24, 2.45) is 0 Å². The number of carbonyl (C=O) groups excluding carboxylic acids is 1. The number of ether oxygens (including phenoxy) is 1. The number of benzene rings is 2. The van der Waals surface area contributed by atoms with E-state index in [1.165, 1.54) is 37.4 Å². The average molecular weight is 525 g/mol. The number of amides is 1. The summed E-state index contributed by atoms with van der Waals surface area (Å²) in [6.07, 6.45) is 0. The van der Waals surface area contributed by atoms with Crippen molar-refractivity contribution in [2.75, 3.05) is 17.1 Å². The number of rotatable bonds is 6. The molecule has 3 aromatic rings. The molecular weight excluding hydrogens is 508 g/mol. The first-order valence-corrected chi connectivity index (χ1v) is 11.4. The zero-order chi connectivity index (χ0) is 22.6. The first kappa shape index (κ1) is 22.7. The lowest BCUT2D eigenvalue weighted by atomic mass is 10.2. The molecule has 0 bridgehead atoms. The maximum atomic E-state index is 12.5. The van der Waals surface area contributed by atoms with Crippen molar-refractivity contribution in [3.05, 3.63) is 64.3 Å². The number of hydrogen-bond acceptors (Lipinski definition) is 7. The van der Waals surface area contributed by atoms with Gasteiger partial charge in [-0.15, -0.1) is 0 Å². The highest BCUT2D eigenvalue weighted by Crippen LogP contribution is 2.23. The van der Waals surface area contributed by atoms with E-state index in [9.17, 15) is 13.2 Å². The molecule has 0 saturated heterocycles. The third kappa shape index (κ3) is 5.81. The summed E-state index contributed by atoms with van der Waals surface area (Å²) in [6.45, 7) is 1.65. The molecule has 1 amide bonds. The number of aryl methyl sites for hydroxylation is 1. The number of anilines is 2. The van der Waals surface area contributed by atoms with Crippen LogP contribution in [0.4, 0.5) is 11.5 Å². The van der Waals surface area contributed by atoms with Crippen molar-refractivity contribution in [2.45, 2.75) is 11.8 Å². The van der Waals surface area contributed by atoms with Gasteiger partial charge in [0.2, 0.25) is 0 Å². The van der Waals surface area contributed by atoms with E-state index in [-0.39, 0.29) is 15.8 Å². The second-order valence-corrected chi connectivity index (χ2v) is 9.21. The molecule has 0 aliphatic carbocycles. The topological polar surface area (TPSA) is 123 Å². The van der Waals surface area contributed by atoms with E-state index in [0.29, 0.717) is 27.2 Å². The number of halogens is 1. The Hall–Kier alpha value is -2.96. The van der Waals surface area contributed by atoms with Crippen LogP contribution in [0.3, 0.4) is 0 Å². The molecule has 0 radical (unpaired) electrons. The van der Waals surface area contributed by atoms with Gasteiger partial charge in [-0.05, 0) is 61.6 Å². The van der Waals surface area contributed by atoms with Crippen molar-refractivity contribution < 1.29 is 22.5 Å². The van der Waals surface area contributed by atoms with Gasteiger partial charge in [0, 0.05) is 16.2 Å². The monoisotopic (exact) mass is 524 g/mol. The molecule has 0 unspecified atom stereocenters. The lowest BCUT2D eigenvalue weighted by molar-refractivity contribution is 0.0974. The highest BCUT2D eigenvalue weighted by Gasteiger charge is 2.17. The van der Waals surface area contributed by atoms with Gasteiger partial charge in [0.25, 0.3) is 15.9 Å². The van der Waals surface area contributed by atoms with E-state index in [1.807, 2.05) is 0 Å². The Balaban J connectivity index is 1.65. The maximum Gasteiger partial charge on any atom is 0.263 e. The number of nitrogens with one attached hydrogen (secondary N) is 3. The van der Waals surface area contributed by atoms with E-state index >= 15 is 0 Å². The SMILES string of the molecule is COc1ccc(Br)cc1C(=O)NC(=S)Nc1ccc(S(=O)(=O)Nc2cc(C)on2)cc1. The number of hydrogen-bond donors (Lipinski definition) is 3. The summed E-state index contributed by atoms with van der Waals surface area (Å²) in [4.78, 5) is 12.5. The number of methoxy groups -OCH3 is 1. The first-order chi connectivity index (χ1) is 14.7. The Morgan fingerprint density at radius 1 is 1.16 bits per heavy atom. The minimum atomic E-state index is -3.83. The van der Waals surface area contributed by atoms with E-state index in [0.717, 1.165) is 0 Å². The molecular formula is C19H17BrN4O5S2. The second-order valence-electron chi connectivity index (χ2n) is 6.21. The summed E-state index contributed by atoms with van der Waals surface area (Å²) >= 11 is 8.49. The lowest BCUT2D eigenvalue weighted by Crippen LogP contribution is -2.34. The lowest BCUT2D eigenvalue weighted by Gasteiger charge is -2.12. The van der Waals surface area contributed by atoms with Gasteiger partial charge in [-0.1, -0.05) is 21.1 Å². The van der Waals surface area contributed by atoms with Crippen LogP contribution in [0.25, 0.3) is 0 Å². The molecule has 12 heteroatoms. The molecule has 0 atom stereocenters. The molecule has 3 rings (SSSR count). The van der Waals surface area contributed by atoms with Crippen LogP contribution >= 0.6 is 28.1 Å². The Kier molecular flexibility index (Phi) is 6.93. The van der Waals surface area contributed by atoms with Crippen LogP contribution in [0.5, 0.6) is 5.75 Å². The molecule has 0 fully saturated rings. The normalized spacial score (nSPS) is 10.9. The number of sulfonamides is 1. The molecule has 0 aliphatic rings. The fraction of sp³-hybridized carbons (Fsp3) is 0.105. The minimum Gasteiger partial charge on any atom is -0.496 e. The predicted octanol–water partition coefficient (Wildman–Crippen LogP) is 3.68. The Morgan fingerprint density at radius 3 is 2.48 bits per heavy atom. The van der Waals surface area contributed by atoms with Gasteiger partial charge in [0.1, 0.15) is 11.5 Å². The smallest absolute Gasteiger partial charge is 0.263 e. The number of aromatic nitrogens is 1. The molecule has 1 aromatic heterocycles. The Bertz CT molecular complexity index is 1230. The zero-order valence-electron chi connectivity index (χ0n) is 16.3. The highest BCUT2D eigenvalue weighted by molar-refractivity contribution is 9.10. The summed E-state index contributed by atoms with van der Waals surface area (Å²) in [7, 11) is -2.37. The molecule has 9 nitrogen and oxygen atoms in total. The van der Waals surface area contributed by atoms with Gasteiger partial charge in [-0.3, -0.25) is 14.8 Å². The van der Waals surface area contributed by atoms with E-state index in [1.54, 1.807) is 25.1 Å². The van der Waals surface area contributed by atoms with Crippen molar-refractivity contribution in [1.82, 2.24) is 10.5 Å². The first-order valence-electron chi connectivity index (χ1n) is 8.70. The van der Waals surface area contributed by atoms with Crippen LogP contribution in [0.15, 0.2) is 62.4 Å². The number of nitrogens with zero attached hydrogens (tertiary/aromatic N) is 1. The Labute approximate surface area is 192 Å². The summed E-state index contributed by atoms with van der Waals surface area (Å²) in [5.41, 5.74) is 0.791. The number of carbonyl (C=O) groups is 1. The van der Waals surface area contributed by atoms with Crippen LogP contribution in [0.1, 0.15) is 16.1 Å². The van der Waals surface area contributed by atoms with Crippen LogP contribution in [-0.2, 0) is 10.0 Å². The fourth-order valence-electron chi connectivity index (χ4n) is 2.52. The minimum absolute atomic E-state index is 0.0209. The standard InChI is InChI=1S/C19H17BrN4O5S2/c1-11-9-17(23-29-11)24-31(26,27)14-6-4-13(5-7-14)21-19(30)22-18(25)15-10-12(20)3-8-16(15)28-2/h3-10H,1-2H3,(H,23,24)(H2,21,22,25,30). The van der Waals surface area contributed by atoms with Gasteiger partial charge in [0.15, 0.2) is 10.9 Å². The molecule has 0 saturated carbocycles. The Morgan fingerprint density at radius 2 is 1.87 bits per heavy atom. The third-order valence-electron chi connectivity index (χ3n) is 3.92. The molecule has 0 spiro atoms. The van der Waals surface area contributed by atoms with Crippen molar-refractivity contribution in [3.8, 4) is 5.75 Å². The molecule has 31 heavy (non-hydrogen) atoms. The molecule has 162 valence electrons. The second kappa shape index (κ2) is 9.45. The zero-order valence-corrected chi connectivity index (χ0v) is 19.5. The van der Waals surface area contributed by atoms with E-state index < -0.39 is 15.9 Å². The van der Waals surface area contributed by atoms with E-state index in [4.69, 9.17) is 21.5 Å². The van der Waals surface area contributed by atoms with Crippen LogP contribution in [-0.4, -0.2) is 31.7 Å². The summed E-state index contributed by atoms with van der Waals surface area (Å²) in [5.74, 6) is 0.509. The summed E-state index contributed by atoms with van der Waals surface area (Å²) < 4.78 is 37.9. The van der Waals surface area contributed by atoms with Crippen molar-refractivity contribution >= 4 is 60.7 Å². The predicted molar refractivity (Wildman–Crippen MR) is 123 cm³/mol. The quantitative estimate of drug-likeness (QED) is 0.417. The van der Waals surface area contributed by atoms with Gasteiger partial charge >= 0.3 is 0 Å². The molecule has 0 aliphatic heterocycles. The largest absolute Gasteiger partial charge is 0.496 e. The summed E-state index contributed by atoms with van der Waals surface area (Å²) in [6, 6.07) is 12.3. The summed E-state index contributed by atoms with van der Waals surface area (Å²) in [5, 5.41) is 9.04. The molecule has 2 aromatic carbocycles. The van der Waals surface area contributed by atoms with Gasteiger partial charge in [0.05, 0.1) is 17.6 Å². The maximum absolute atomic E-state index is 12.5. The average Bonchev–Trinajstić information content (AvgIpc) is 3.12. The van der Waals surface area contributed by atoms with Gasteiger partial charge in [-0.2, -0.15) is 0 Å². The van der Waals surface area contributed by atoms with Crippen molar-refractivity contribution in [3.63, 3.8) is 0 Å². The van der Waals surface area contributed by atoms with Crippen LogP contribution < -0.4 is 20.1 Å². The van der Waals surface area contributed by atoms with Crippen LogP contribution in [0.2, 0.25) is 0 Å². The highest BCUT2D eigenvalue weighted by atomic mass is 79.9. The third-order valence-corrected chi connectivity index (χ3v) is 5.99. The molecule has 1 heterocycles. The number of thiocarbonyl (C=S) groups is 1. The van der Waals surface area contributed by atoms with Gasteiger partial charge in [-0.25, -0.2) is 8.42 Å².